The standard InChI is InChI=1S/C25H29ClN2O6S/c1-3-4-15-34-25(30)28-17-21(27-35(31,32)23-13-10-20(26)11-14-23)16-22(28)12-7-18-5-8-19(9-6-18)24(29)33-2/h5-14,21-22,27H,3-4,15-17H2,1-2H3/b12-7+. The van der Waals surface area contributed by atoms with E-state index in [2.05, 4.69) is 4.72 Å². The van der Waals surface area contributed by atoms with Crippen molar-refractivity contribution < 1.29 is 27.5 Å². The number of unbranched alkanes of at least 4 members (excludes halogenated alkanes) is 1. The predicted molar refractivity (Wildman–Crippen MR) is 134 cm³/mol. The van der Waals surface area contributed by atoms with Crippen LogP contribution in [-0.2, 0) is 19.5 Å². The third-order valence-corrected chi connectivity index (χ3v) is 7.38. The molecule has 1 N–H and O–H groups in total. The average Bonchev–Trinajstić information content (AvgIpc) is 3.24. The lowest BCUT2D eigenvalue weighted by atomic mass is 10.1. The summed E-state index contributed by atoms with van der Waals surface area (Å²) in [6.45, 7) is 2.48. The second kappa shape index (κ2) is 12.2. The van der Waals surface area contributed by atoms with Crippen LogP contribution in [0, 0.1) is 0 Å². The SMILES string of the molecule is CCCCOC(=O)N1CC(NS(=O)(=O)c2ccc(Cl)cc2)CC1/C=C/c1ccc(C(=O)OC)cc1. The van der Waals surface area contributed by atoms with E-state index >= 15 is 0 Å². The van der Waals surface area contributed by atoms with Gasteiger partial charge in [0, 0.05) is 17.6 Å². The molecular weight excluding hydrogens is 492 g/mol. The third kappa shape index (κ3) is 7.30. The Morgan fingerprint density at radius 1 is 1.14 bits per heavy atom. The van der Waals surface area contributed by atoms with Gasteiger partial charge in [-0.1, -0.05) is 49.2 Å². The topological polar surface area (TPSA) is 102 Å². The van der Waals surface area contributed by atoms with Gasteiger partial charge >= 0.3 is 12.1 Å². The van der Waals surface area contributed by atoms with E-state index in [9.17, 15) is 18.0 Å². The number of rotatable bonds is 9. The number of carbonyl (C=O) groups excluding carboxylic acids is 2. The molecule has 3 rings (SSSR count). The molecule has 1 aliphatic heterocycles. The van der Waals surface area contributed by atoms with Gasteiger partial charge in [-0.15, -0.1) is 0 Å². The normalized spacial score (nSPS) is 18.1. The van der Waals surface area contributed by atoms with Crippen molar-refractivity contribution in [1.29, 1.82) is 0 Å². The van der Waals surface area contributed by atoms with Gasteiger partial charge in [-0.05, 0) is 54.8 Å². The summed E-state index contributed by atoms with van der Waals surface area (Å²) in [5, 5.41) is 0.440. The van der Waals surface area contributed by atoms with Gasteiger partial charge in [-0.3, -0.25) is 0 Å². The van der Waals surface area contributed by atoms with E-state index in [4.69, 9.17) is 21.1 Å². The van der Waals surface area contributed by atoms with Crippen LogP contribution in [0.3, 0.4) is 0 Å². The Balaban J connectivity index is 1.75. The molecule has 1 fully saturated rings. The maximum atomic E-state index is 12.8. The first-order valence-electron chi connectivity index (χ1n) is 11.3. The Bertz CT molecular complexity index is 1150. The van der Waals surface area contributed by atoms with Crippen LogP contribution in [-0.4, -0.2) is 57.7 Å². The van der Waals surface area contributed by atoms with E-state index in [-0.39, 0.29) is 17.5 Å². The maximum absolute atomic E-state index is 12.8. The van der Waals surface area contributed by atoms with E-state index in [1.807, 2.05) is 19.1 Å². The molecule has 1 amide bonds. The van der Waals surface area contributed by atoms with Gasteiger partial charge in [0.15, 0.2) is 0 Å². The van der Waals surface area contributed by atoms with Gasteiger partial charge in [0.25, 0.3) is 0 Å². The van der Waals surface area contributed by atoms with E-state index in [1.54, 1.807) is 24.3 Å². The van der Waals surface area contributed by atoms with E-state index in [0.29, 0.717) is 23.6 Å². The molecule has 0 spiro atoms. The summed E-state index contributed by atoms with van der Waals surface area (Å²) in [7, 11) is -2.47. The third-order valence-electron chi connectivity index (χ3n) is 5.59. The molecule has 0 saturated carbocycles. The molecule has 0 aromatic heterocycles. The highest BCUT2D eigenvalue weighted by Crippen LogP contribution is 2.24. The number of ether oxygens (including phenoxy) is 2. The lowest BCUT2D eigenvalue weighted by Crippen LogP contribution is -2.39. The van der Waals surface area contributed by atoms with Crippen molar-refractivity contribution in [1.82, 2.24) is 9.62 Å². The van der Waals surface area contributed by atoms with Gasteiger partial charge < -0.3 is 14.4 Å². The summed E-state index contributed by atoms with van der Waals surface area (Å²) in [5.41, 5.74) is 1.26. The monoisotopic (exact) mass is 520 g/mol. The van der Waals surface area contributed by atoms with Gasteiger partial charge in [-0.2, -0.15) is 0 Å². The zero-order valence-electron chi connectivity index (χ0n) is 19.6. The van der Waals surface area contributed by atoms with Crippen molar-refractivity contribution in [3.63, 3.8) is 0 Å². The van der Waals surface area contributed by atoms with Crippen LogP contribution >= 0.6 is 11.6 Å². The highest BCUT2D eigenvalue weighted by molar-refractivity contribution is 7.89. The zero-order valence-corrected chi connectivity index (χ0v) is 21.2. The molecular formula is C25H29ClN2O6S. The molecule has 2 atom stereocenters. The fourth-order valence-corrected chi connectivity index (χ4v) is 5.07. The molecule has 188 valence electrons. The maximum Gasteiger partial charge on any atom is 0.410 e. The molecule has 35 heavy (non-hydrogen) atoms. The molecule has 0 bridgehead atoms. The summed E-state index contributed by atoms with van der Waals surface area (Å²) in [6.07, 6.45) is 5.20. The van der Waals surface area contributed by atoms with Gasteiger partial charge in [0.1, 0.15) is 0 Å². The van der Waals surface area contributed by atoms with E-state index in [1.165, 1.54) is 36.3 Å². The minimum Gasteiger partial charge on any atom is -0.465 e. The van der Waals surface area contributed by atoms with E-state index < -0.39 is 28.1 Å². The smallest absolute Gasteiger partial charge is 0.410 e. The number of halogens is 1. The van der Waals surface area contributed by atoms with Crippen molar-refractivity contribution in [3.05, 3.63) is 70.8 Å². The van der Waals surface area contributed by atoms with Crippen LogP contribution in [0.2, 0.25) is 5.02 Å². The van der Waals surface area contributed by atoms with Crippen molar-refractivity contribution in [2.24, 2.45) is 0 Å². The van der Waals surface area contributed by atoms with Crippen LogP contribution in [0.1, 0.15) is 42.1 Å². The number of esters is 1. The first kappa shape index (κ1) is 26.7. The fourth-order valence-electron chi connectivity index (χ4n) is 3.70. The average molecular weight is 521 g/mol. The summed E-state index contributed by atoms with van der Waals surface area (Å²) < 4.78 is 38.5. The van der Waals surface area contributed by atoms with Gasteiger partial charge in [0.2, 0.25) is 10.0 Å². The van der Waals surface area contributed by atoms with Crippen LogP contribution < -0.4 is 4.72 Å². The number of amides is 1. The van der Waals surface area contributed by atoms with Crippen molar-refractivity contribution in [3.8, 4) is 0 Å². The summed E-state index contributed by atoms with van der Waals surface area (Å²) in [4.78, 5) is 26.0. The largest absolute Gasteiger partial charge is 0.465 e. The predicted octanol–water partition coefficient (Wildman–Crippen LogP) is 4.50. The summed E-state index contributed by atoms with van der Waals surface area (Å²) in [5.74, 6) is -0.423. The Kier molecular flexibility index (Phi) is 9.31. The Labute approximate surface area is 210 Å². The molecule has 2 unspecified atom stereocenters. The minimum absolute atomic E-state index is 0.101. The number of nitrogens with one attached hydrogen (secondary N) is 1. The Morgan fingerprint density at radius 3 is 2.46 bits per heavy atom. The van der Waals surface area contributed by atoms with Gasteiger partial charge in [-0.25, -0.2) is 22.7 Å². The zero-order chi connectivity index (χ0) is 25.4. The molecule has 2 aromatic rings. The second-order valence-electron chi connectivity index (χ2n) is 8.17. The Morgan fingerprint density at radius 2 is 1.83 bits per heavy atom. The highest BCUT2D eigenvalue weighted by atomic mass is 35.5. The fraction of sp³-hybridized carbons (Fsp3) is 0.360. The van der Waals surface area contributed by atoms with Crippen LogP contribution in [0.4, 0.5) is 4.79 Å². The quantitative estimate of drug-likeness (QED) is 0.386. The summed E-state index contributed by atoms with van der Waals surface area (Å²) in [6, 6.07) is 11.9. The molecule has 2 aromatic carbocycles. The molecule has 10 heteroatoms. The van der Waals surface area contributed by atoms with Gasteiger partial charge in [0.05, 0.1) is 30.2 Å². The first-order valence-corrected chi connectivity index (χ1v) is 13.2. The number of likely N-dealkylation sites (tertiary alicyclic amines) is 1. The van der Waals surface area contributed by atoms with Crippen molar-refractivity contribution in [2.75, 3.05) is 20.3 Å². The molecule has 1 heterocycles. The lowest BCUT2D eigenvalue weighted by molar-refractivity contribution is 0.0600. The van der Waals surface area contributed by atoms with Crippen LogP contribution in [0.25, 0.3) is 6.08 Å². The molecule has 0 radical (unpaired) electrons. The first-order chi connectivity index (χ1) is 16.7. The molecule has 0 aliphatic carbocycles. The number of hydrogen-bond donors (Lipinski definition) is 1. The van der Waals surface area contributed by atoms with Crippen LogP contribution in [0.5, 0.6) is 0 Å². The summed E-state index contributed by atoms with van der Waals surface area (Å²) >= 11 is 5.87. The van der Waals surface area contributed by atoms with Crippen LogP contribution in [0.15, 0.2) is 59.5 Å². The number of sulfonamides is 1. The van der Waals surface area contributed by atoms with E-state index in [0.717, 1.165) is 18.4 Å². The Hall–Kier alpha value is -2.88. The lowest BCUT2D eigenvalue weighted by Gasteiger charge is -2.21. The van der Waals surface area contributed by atoms with Crippen molar-refractivity contribution >= 4 is 39.8 Å². The number of hydrogen-bond acceptors (Lipinski definition) is 6. The molecule has 1 aliphatic rings. The number of carbonyl (C=O) groups is 2. The highest BCUT2D eigenvalue weighted by Gasteiger charge is 2.37. The number of methoxy groups -OCH3 is 1. The number of nitrogens with zero attached hydrogens (tertiary/aromatic N) is 1. The molecule has 8 nitrogen and oxygen atoms in total. The number of benzene rings is 2. The second-order valence-corrected chi connectivity index (χ2v) is 10.3. The van der Waals surface area contributed by atoms with Crippen molar-refractivity contribution in [2.45, 2.75) is 43.2 Å². The minimum atomic E-state index is -3.79. The molecule has 1 saturated heterocycles.